The molecule has 0 saturated carbocycles. The molecular formula is C13H7ClN2O2S. The van der Waals surface area contributed by atoms with E-state index in [9.17, 15) is 9.59 Å². The van der Waals surface area contributed by atoms with Gasteiger partial charge in [0.2, 0.25) is 0 Å². The van der Waals surface area contributed by atoms with Crippen molar-refractivity contribution in [2.45, 2.75) is 9.79 Å². The summed E-state index contributed by atoms with van der Waals surface area (Å²) in [6, 6.07) is 6.96. The van der Waals surface area contributed by atoms with E-state index in [-0.39, 0.29) is 0 Å². The van der Waals surface area contributed by atoms with E-state index in [0.717, 1.165) is 9.79 Å². The van der Waals surface area contributed by atoms with Gasteiger partial charge in [-0.25, -0.2) is 0 Å². The third-order valence-electron chi connectivity index (χ3n) is 2.65. The number of rotatable bonds is 2. The molecule has 1 aliphatic rings. The van der Waals surface area contributed by atoms with E-state index in [2.05, 4.69) is 10.3 Å². The summed E-state index contributed by atoms with van der Waals surface area (Å²) in [7, 11) is 0. The lowest BCUT2D eigenvalue weighted by Gasteiger charge is -2.06. The number of carbonyl (C=O) groups is 2. The number of hydrogen-bond donors (Lipinski definition) is 1. The van der Waals surface area contributed by atoms with Gasteiger partial charge in [0, 0.05) is 22.2 Å². The minimum atomic E-state index is -0.614. The number of anilines is 1. The molecule has 2 heterocycles. The predicted molar refractivity (Wildman–Crippen MR) is 72.8 cm³/mol. The monoisotopic (exact) mass is 290 g/mol. The van der Waals surface area contributed by atoms with E-state index >= 15 is 0 Å². The first-order chi connectivity index (χ1) is 9.15. The molecule has 4 nitrogen and oxygen atoms in total. The summed E-state index contributed by atoms with van der Waals surface area (Å²) in [6.45, 7) is 0. The highest BCUT2D eigenvalue weighted by atomic mass is 35.5. The normalized spacial score (nSPS) is 13.3. The molecule has 0 saturated heterocycles. The molecular weight excluding hydrogens is 284 g/mol. The van der Waals surface area contributed by atoms with Crippen LogP contribution in [0.1, 0.15) is 10.4 Å². The Hall–Kier alpha value is -1.85. The van der Waals surface area contributed by atoms with E-state index in [0.29, 0.717) is 16.3 Å². The fourth-order valence-electron chi connectivity index (χ4n) is 1.76. The second kappa shape index (κ2) is 4.68. The number of pyridine rings is 1. The standard InChI is InChI=1S/C13H7ClN2O2S/c14-9-5-8-10(16-13(18)12(8)17)6-11(9)19-7-1-3-15-4-2-7/h1-6H,(H,16,17,18). The average molecular weight is 291 g/mol. The number of benzene rings is 1. The number of nitrogens with zero attached hydrogens (tertiary/aromatic N) is 1. The Morgan fingerprint density at radius 3 is 2.63 bits per heavy atom. The Kier molecular flexibility index (Phi) is 3.00. The van der Waals surface area contributed by atoms with Gasteiger partial charge in [-0.2, -0.15) is 0 Å². The number of aromatic nitrogens is 1. The molecule has 0 radical (unpaired) electrons. The van der Waals surface area contributed by atoms with Gasteiger partial charge in [-0.05, 0) is 24.3 Å². The van der Waals surface area contributed by atoms with E-state index in [1.807, 2.05) is 12.1 Å². The molecule has 94 valence electrons. The van der Waals surface area contributed by atoms with Crippen molar-refractivity contribution in [2.75, 3.05) is 5.32 Å². The highest BCUT2D eigenvalue weighted by Gasteiger charge is 2.29. The van der Waals surface area contributed by atoms with Crippen LogP contribution < -0.4 is 5.32 Å². The zero-order valence-electron chi connectivity index (χ0n) is 9.51. The molecule has 6 heteroatoms. The first kappa shape index (κ1) is 12.2. The molecule has 0 fully saturated rings. The molecule has 0 unspecified atom stereocenters. The van der Waals surface area contributed by atoms with Crippen molar-refractivity contribution in [3.05, 3.63) is 47.2 Å². The van der Waals surface area contributed by atoms with Crippen molar-refractivity contribution in [1.29, 1.82) is 0 Å². The lowest BCUT2D eigenvalue weighted by Crippen LogP contribution is -2.12. The first-order valence-electron chi connectivity index (χ1n) is 5.42. The molecule has 1 aliphatic heterocycles. The summed E-state index contributed by atoms with van der Waals surface area (Å²) in [6.07, 6.45) is 3.38. The third kappa shape index (κ3) is 2.22. The van der Waals surface area contributed by atoms with Crippen LogP contribution in [0.25, 0.3) is 0 Å². The number of hydrogen-bond acceptors (Lipinski definition) is 4. The summed E-state index contributed by atoms with van der Waals surface area (Å²) in [4.78, 5) is 28.5. The van der Waals surface area contributed by atoms with Crippen LogP contribution >= 0.6 is 23.4 Å². The van der Waals surface area contributed by atoms with Gasteiger partial charge < -0.3 is 5.32 Å². The minimum absolute atomic E-state index is 0.328. The Labute approximate surface area is 118 Å². The summed E-state index contributed by atoms with van der Waals surface area (Å²) < 4.78 is 0. The fourth-order valence-corrected chi connectivity index (χ4v) is 2.88. The van der Waals surface area contributed by atoms with Crippen LogP contribution in [0.4, 0.5) is 5.69 Å². The lowest BCUT2D eigenvalue weighted by atomic mass is 10.1. The number of carbonyl (C=O) groups excluding carboxylic acids is 2. The number of fused-ring (bicyclic) bond motifs is 1. The lowest BCUT2D eigenvalue weighted by molar-refractivity contribution is -0.112. The molecule has 0 aliphatic carbocycles. The maximum atomic E-state index is 11.5. The summed E-state index contributed by atoms with van der Waals surface area (Å²) in [5, 5.41) is 2.98. The zero-order valence-corrected chi connectivity index (χ0v) is 11.1. The number of nitrogens with one attached hydrogen (secondary N) is 1. The highest BCUT2D eigenvalue weighted by Crippen LogP contribution is 2.38. The predicted octanol–water partition coefficient (Wildman–Crippen LogP) is 3.02. The van der Waals surface area contributed by atoms with Gasteiger partial charge >= 0.3 is 0 Å². The number of Topliss-reactive ketones (excluding diaryl/α,β-unsaturated/α-hetero) is 1. The number of amides is 1. The van der Waals surface area contributed by atoms with Crippen molar-refractivity contribution < 1.29 is 9.59 Å². The summed E-state index contributed by atoms with van der Waals surface area (Å²) in [5.41, 5.74) is 0.838. The van der Waals surface area contributed by atoms with Crippen LogP contribution in [0, 0.1) is 0 Å². The molecule has 1 N–H and O–H groups in total. The molecule has 3 rings (SSSR count). The highest BCUT2D eigenvalue weighted by molar-refractivity contribution is 7.99. The molecule has 1 amide bonds. The van der Waals surface area contributed by atoms with Crippen LogP contribution in [0.5, 0.6) is 0 Å². The SMILES string of the molecule is O=C1Nc2cc(Sc3ccncc3)c(Cl)cc2C1=O. The van der Waals surface area contributed by atoms with E-state index in [4.69, 9.17) is 11.6 Å². The first-order valence-corrected chi connectivity index (χ1v) is 6.62. The van der Waals surface area contributed by atoms with Crippen LogP contribution in [0.3, 0.4) is 0 Å². The van der Waals surface area contributed by atoms with Crippen LogP contribution in [-0.4, -0.2) is 16.7 Å². The summed E-state index contributed by atoms with van der Waals surface area (Å²) >= 11 is 7.59. The van der Waals surface area contributed by atoms with Crippen LogP contribution in [-0.2, 0) is 4.79 Å². The van der Waals surface area contributed by atoms with Gasteiger partial charge in [-0.15, -0.1) is 0 Å². The quantitative estimate of drug-likeness (QED) is 0.864. The van der Waals surface area contributed by atoms with Gasteiger partial charge in [-0.3, -0.25) is 14.6 Å². The van der Waals surface area contributed by atoms with Gasteiger partial charge in [0.15, 0.2) is 0 Å². The van der Waals surface area contributed by atoms with Gasteiger partial charge in [0.25, 0.3) is 11.7 Å². The van der Waals surface area contributed by atoms with Gasteiger partial charge in [0.1, 0.15) is 0 Å². The molecule has 2 aromatic rings. The largest absolute Gasteiger partial charge is 0.318 e. The van der Waals surface area contributed by atoms with Crippen LogP contribution in [0.2, 0.25) is 5.02 Å². The van der Waals surface area contributed by atoms with Crippen molar-refractivity contribution in [1.82, 2.24) is 4.98 Å². The van der Waals surface area contributed by atoms with Crippen molar-refractivity contribution >= 4 is 40.7 Å². The minimum Gasteiger partial charge on any atom is -0.318 e. The topological polar surface area (TPSA) is 59.1 Å². The summed E-state index contributed by atoms with van der Waals surface area (Å²) in [5.74, 6) is -1.16. The molecule has 0 spiro atoms. The van der Waals surface area contributed by atoms with Gasteiger partial charge in [0.05, 0.1) is 16.3 Å². The molecule has 19 heavy (non-hydrogen) atoms. The van der Waals surface area contributed by atoms with Gasteiger partial charge in [-0.1, -0.05) is 23.4 Å². The third-order valence-corrected chi connectivity index (χ3v) is 4.14. The molecule has 1 aromatic heterocycles. The Bertz CT molecular complexity index is 689. The van der Waals surface area contributed by atoms with E-state index in [1.165, 1.54) is 17.8 Å². The molecule has 0 atom stereocenters. The second-order valence-electron chi connectivity index (χ2n) is 3.90. The van der Waals surface area contributed by atoms with Crippen LogP contribution in [0.15, 0.2) is 46.5 Å². The van der Waals surface area contributed by atoms with Crippen molar-refractivity contribution in [3.63, 3.8) is 0 Å². The number of ketones is 1. The second-order valence-corrected chi connectivity index (χ2v) is 5.42. The zero-order chi connectivity index (χ0) is 13.4. The molecule has 1 aromatic carbocycles. The maximum absolute atomic E-state index is 11.5. The Morgan fingerprint density at radius 2 is 1.89 bits per heavy atom. The fraction of sp³-hybridized carbons (Fsp3) is 0. The van der Waals surface area contributed by atoms with Crippen molar-refractivity contribution in [3.8, 4) is 0 Å². The smallest absolute Gasteiger partial charge is 0.296 e. The maximum Gasteiger partial charge on any atom is 0.296 e. The Balaban J connectivity index is 1.99. The van der Waals surface area contributed by atoms with E-state index < -0.39 is 11.7 Å². The van der Waals surface area contributed by atoms with E-state index in [1.54, 1.807) is 18.5 Å². The van der Waals surface area contributed by atoms with Crippen molar-refractivity contribution in [2.24, 2.45) is 0 Å². The molecule has 0 bridgehead atoms. The Morgan fingerprint density at radius 1 is 1.16 bits per heavy atom. The average Bonchev–Trinajstić information content (AvgIpc) is 2.67. The number of halogens is 1.